The quantitative estimate of drug-likeness (QED) is 0.785. The van der Waals surface area contributed by atoms with E-state index in [0.717, 1.165) is 18.5 Å². The van der Waals surface area contributed by atoms with Crippen LogP contribution >= 0.6 is 0 Å². The molecule has 2 heterocycles. The summed E-state index contributed by atoms with van der Waals surface area (Å²) in [7, 11) is -3.17. The first-order chi connectivity index (χ1) is 7.81. The van der Waals surface area contributed by atoms with E-state index >= 15 is 0 Å². The molecule has 0 spiro atoms. The van der Waals surface area contributed by atoms with Crippen molar-refractivity contribution in [1.82, 2.24) is 14.5 Å². The molecule has 6 nitrogen and oxygen atoms in total. The molecule has 1 aliphatic heterocycles. The second-order valence-electron chi connectivity index (χ2n) is 4.93. The maximum Gasteiger partial charge on any atom is 0.264 e. The molecule has 0 saturated carbocycles. The maximum absolute atomic E-state index is 11.6. The van der Waals surface area contributed by atoms with Gasteiger partial charge in [-0.3, -0.25) is 9.89 Å². The number of hydrogen-bond donors (Lipinski definition) is 2. The Kier molecular flexibility index (Phi) is 2.90. The van der Waals surface area contributed by atoms with Gasteiger partial charge in [-0.05, 0) is 12.8 Å². The van der Waals surface area contributed by atoms with E-state index in [1.807, 2.05) is 6.92 Å². The Morgan fingerprint density at radius 3 is 2.65 bits per heavy atom. The van der Waals surface area contributed by atoms with Crippen molar-refractivity contribution >= 4 is 10.0 Å². The number of aromatic amines is 2. The second-order valence-corrected chi connectivity index (χ2v) is 6.92. The number of H-pyrrole nitrogens is 2. The molecule has 17 heavy (non-hydrogen) atoms. The average Bonchev–Trinajstić information content (AvgIpc) is 2.64. The Labute approximate surface area is 100 Å². The van der Waals surface area contributed by atoms with Gasteiger partial charge in [-0.15, -0.1) is 0 Å². The van der Waals surface area contributed by atoms with Crippen molar-refractivity contribution in [2.75, 3.05) is 19.3 Å². The van der Waals surface area contributed by atoms with Crippen molar-refractivity contribution in [3.05, 3.63) is 22.1 Å². The lowest BCUT2D eigenvalue weighted by molar-refractivity contribution is 0.237. The fourth-order valence-corrected chi connectivity index (χ4v) is 3.33. The first kappa shape index (κ1) is 12.4. The molecule has 1 atom stereocenters. The van der Waals surface area contributed by atoms with Crippen molar-refractivity contribution in [1.29, 1.82) is 0 Å². The normalized spacial score (nSPS) is 27.2. The monoisotopic (exact) mass is 259 g/mol. The van der Waals surface area contributed by atoms with Crippen LogP contribution in [-0.4, -0.2) is 42.3 Å². The van der Waals surface area contributed by atoms with Crippen LogP contribution in [0.1, 0.15) is 25.5 Å². The van der Waals surface area contributed by atoms with E-state index in [0.29, 0.717) is 13.1 Å². The van der Waals surface area contributed by atoms with E-state index in [2.05, 4.69) is 10.2 Å². The number of rotatable bonds is 2. The lowest BCUT2D eigenvalue weighted by Gasteiger charge is -2.38. The third-order valence-corrected chi connectivity index (χ3v) is 4.63. The first-order valence-corrected chi connectivity index (χ1v) is 7.39. The van der Waals surface area contributed by atoms with Gasteiger partial charge in [0, 0.05) is 30.3 Å². The van der Waals surface area contributed by atoms with Crippen LogP contribution in [0.2, 0.25) is 0 Å². The lowest BCUT2D eigenvalue weighted by atomic mass is 9.80. The fourth-order valence-electron chi connectivity index (χ4n) is 2.35. The molecule has 1 aromatic rings. The number of hydrogen-bond acceptors (Lipinski definition) is 3. The van der Waals surface area contributed by atoms with Crippen LogP contribution in [0, 0.1) is 0 Å². The van der Waals surface area contributed by atoms with Gasteiger partial charge in [-0.25, -0.2) is 12.7 Å². The van der Waals surface area contributed by atoms with Gasteiger partial charge in [0.1, 0.15) is 0 Å². The molecule has 2 N–H and O–H groups in total. The van der Waals surface area contributed by atoms with Crippen molar-refractivity contribution < 1.29 is 8.42 Å². The molecular formula is C10H17N3O3S. The van der Waals surface area contributed by atoms with Gasteiger partial charge >= 0.3 is 0 Å². The summed E-state index contributed by atoms with van der Waals surface area (Å²) in [6, 6.07) is 1.51. The highest BCUT2D eigenvalue weighted by Gasteiger charge is 2.37. The fraction of sp³-hybridized carbons (Fsp3) is 0.700. The van der Waals surface area contributed by atoms with E-state index in [1.54, 1.807) is 0 Å². The minimum Gasteiger partial charge on any atom is -0.302 e. The van der Waals surface area contributed by atoms with E-state index in [4.69, 9.17) is 0 Å². The summed E-state index contributed by atoms with van der Waals surface area (Å²) in [5, 5.41) is 5.32. The van der Waals surface area contributed by atoms with Gasteiger partial charge in [0.05, 0.1) is 6.26 Å². The molecule has 7 heteroatoms. The predicted molar refractivity (Wildman–Crippen MR) is 64.4 cm³/mol. The molecule has 1 unspecified atom stereocenters. The molecule has 2 rings (SSSR count). The van der Waals surface area contributed by atoms with Gasteiger partial charge in [-0.1, -0.05) is 6.92 Å². The van der Waals surface area contributed by atoms with E-state index < -0.39 is 10.0 Å². The van der Waals surface area contributed by atoms with E-state index in [-0.39, 0.29) is 11.0 Å². The summed E-state index contributed by atoms with van der Waals surface area (Å²) in [6.45, 7) is 2.95. The van der Waals surface area contributed by atoms with Gasteiger partial charge in [0.15, 0.2) is 0 Å². The largest absolute Gasteiger partial charge is 0.302 e. The number of nitrogens with one attached hydrogen (secondary N) is 2. The minimum atomic E-state index is -3.17. The number of sulfonamides is 1. The zero-order valence-electron chi connectivity index (χ0n) is 9.99. The van der Waals surface area contributed by atoms with Crippen LogP contribution in [-0.2, 0) is 15.4 Å². The van der Waals surface area contributed by atoms with Gasteiger partial charge in [-0.2, -0.15) is 0 Å². The topological polar surface area (TPSA) is 86.0 Å². The number of aromatic nitrogens is 2. The zero-order chi connectivity index (χ0) is 12.7. The third-order valence-electron chi connectivity index (χ3n) is 3.38. The zero-order valence-corrected chi connectivity index (χ0v) is 10.8. The number of piperidine rings is 1. The van der Waals surface area contributed by atoms with Gasteiger partial charge in [0.2, 0.25) is 10.0 Å². The summed E-state index contributed by atoms with van der Waals surface area (Å²) in [6.07, 6.45) is 2.89. The molecule has 0 radical (unpaired) electrons. The SMILES string of the molecule is CC1(c2cc(=O)[nH][nH]2)CCCN(S(C)(=O)=O)C1. The molecule has 0 bridgehead atoms. The van der Waals surface area contributed by atoms with Crippen molar-refractivity contribution in [3.63, 3.8) is 0 Å². The standard InChI is InChI=1S/C10H17N3O3S/c1-10(8-6-9(14)12-11-8)4-3-5-13(7-10)17(2,15)16/h6H,3-5,7H2,1-2H3,(H2,11,12,14). The molecule has 0 aromatic carbocycles. The Morgan fingerprint density at radius 2 is 2.12 bits per heavy atom. The van der Waals surface area contributed by atoms with Gasteiger partial charge in [0.25, 0.3) is 5.56 Å². The highest BCUT2D eigenvalue weighted by molar-refractivity contribution is 7.88. The van der Waals surface area contributed by atoms with E-state index in [1.165, 1.54) is 16.6 Å². The summed E-state index contributed by atoms with van der Waals surface area (Å²) in [5.41, 5.74) is 0.272. The van der Waals surface area contributed by atoms with Crippen LogP contribution in [0.5, 0.6) is 0 Å². The van der Waals surface area contributed by atoms with Crippen LogP contribution in [0.4, 0.5) is 0 Å². The maximum atomic E-state index is 11.6. The van der Waals surface area contributed by atoms with E-state index in [9.17, 15) is 13.2 Å². The average molecular weight is 259 g/mol. The van der Waals surface area contributed by atoms with Crippen molar-refractivity contribution in [2.24, 2.45) is 0 Å². The molecule has 0 amide bonds. The molecule has 1 saturated heterocycles. The molecule has 96 valence electrons. The Morgan fingerprint density at radius 1 is 1.41 bits per heavy atom. The first-order valence-electron chi connectivity index (χ1n) is 5.55. The molecule has 1 fully saturated rings. The van der Waals surface area contributed by atoms with Gasteiger partial charge < -0.3 is 5.10 Å². The molecule has 1 aliphatic rings. The summed E-state index contributed by atoms with van der Waals surface area (Å²) in [4.78, 5) is 11.1. The van der Waals surface area contributed by atoms with Crippen molar-refractivity contribution in [2.45, 2.75) is 25.2 Å². The summed E-state index contributed by atoms with van der Waals surface area (Å²) < 4.78 is 24.6. The van der Waals surface area contributed by atoms with Crippen LogP contribution in [0.15, 0.2) is 10.9 Å². The molecule has 0 aliphatic carbocycles. The minimum absolute atomic E-state index is 0.183. The molecular weight excluding hydrogens is 242 g/mol. The number of nitrogens with zero attached hydrogens (tertiary/aromatic N) is 1. The third kappa shape index (κ3) is 2.44. The van der Waals surface area contributed by atoms with Crippen LogP contribution in [0.3, 0.4) is 0 Å². The molecule has 1 aromatic heterocycles. The smallest absolute Gasteiger partial charge is 0.264 e. The summed E-state index contributed by atoms with van der Waals surface area (Å²) >= 11 is 0. The highest BCUT2D eigenvalue weighted by atomic mass is 32.2. The Balaban J connectivity index is 2.30. The Hall–Kier alpha value is -1.08. The lowest BCUT2D eigenvalue weighted by Crippen LogP contribution is -2.46. The highest BCUT2D eigenvalue weighted by Crippen LogP contribution is 2.32. The summed E-state index contributed by atoms with van der Waals surface area (Å²) in [5.74, 6) is 0. The Bertz CT molecular complexity index is 559. The van der Waals surface area contributed by atoms with Crippen molar-refractivity contribution in [3.8, 4) is 0 Å². The predicted octanol–water partition coefficient (Wildman–Crippen LogP) is 0.0161. The second kappa shape index (κ2) is 3.99. The van der Waals surface area contributed by atoms with Crippen LogP contribution in [0.25, 0.3) is 0 Å². The van der Waals surface area contributed by atoms with Crippen LogP contribution < -0.4 is 5.56 Å².